The first-order valence-corrected chi connectivity index (χ1v) is 12.3. The smallest absolute Gasteiger partial charge is 0.159 e. The number of imidazole rings is 1. The second kappa shape index (κ2) is 10.3. The molecule has 2 aromatic carbocycles. The van der Waals surface area contributed by atoms with Crippen LogP contribution in [0.1, 0.15) is 36.6 Å². The number of fused-ring (bicyclic) bond motifs is 1. The number of piperidine rings is 1. The van der Waals surface area contributed by atoms with Gasteiger partial charge in [0, 0.05) is 12.2 Å². The highest BCUT2D eigenvalue weighted by Crippen LogP contribution is 2.42. The van der Waals surface area contributed by atoms with E-state index in [1.807, 2.05) is 42.8 Å². The minimum Gasteiger partial charge on any atom is -0.495 e. The molecular weight excluding hydrogens is 478 g/mol. The normalized spacial score (nSPS) is 25.3. The number of methoxy groups -OCH3 is 1. The Morgan fingerprint density at radius 3 is 2.70 bits per heavy atom. The average Bonchev–Trinajstić information content (AvgIpc) is 3.33. The number of hydrogen-bond acceptors (Lipinski definition) is 6. The van der Waals surface area contributed by atoms with Crippen LogP contribution in [0.2, 0.25) is 0 Å². The van der Waals surface area contributed by atoms with Crippen molar-refractivity contribution < 1.29 is 23.1 Å². The molecule has 2 fully saturated rings. The van der Waals surface area contributed by atoms with Crippen molar-refractivity contribution in [2.24, 2.45) is 0 Å². The number of morpholine rings is 1. The van der Waals surface area contributed by atoms with Gasteiger partial charge in [-0.1, -0.05) is 18.2 Å². The molecule has 37 heavy (non-hydrogen) atoms. The molecule has 3 heterocycles. The molecule has 3 unspecified atom stereocenters. The van der Waals surface area contributed by atoms with Gasteiger partial charge in [-0.3, -0.25) is 4.90 Å². The van der Waals surface area contributed by atoms with E-state index in [-0.39, 0.29) is 12.2 Å². The second-order valence-electron chi connectivity index (χ2n) is 9.82. The topological polar surface area (TPSA) is 60.8 Å². The van der Waals surface area contributed by atoms with Gasteiger partial charge in [0.1, 0.15) is 11.9 Å². The minimum absolute atomic E-state index is 0.0815. The van der Waals surface area contributed by atoms with Crippen molar-refractivity contribution >= 4 is 6.08 Å². The maximum absolute atomic E-state index is 14.3. The van der Waals surface area contributed by atoms with Gasteiger partial charge < -0.3 is 18.9 Å². The van der Waals surface area contributed by atoms with Crippen LogP contribution in [0.5, 0.6) is 5.75 Å². The molecule has 3 atom stereocenters. The number of rotatable bonds is 6. The van der Waals surface area contributed by atoms with Gasteiger partial charge in [0.2, 0.25) is 0 Å². The van der Waals surface area contributed by atoms with Gasteiger partial charge in [-0.2, -0.15) is 5.48 Å². The predicted molar refractivity (Wildman–Crippen MR) is 136 cm³/mol. The van der Waals surface area contributed by atoms with E-state index in [4.69, 9.17) is 14.3 Å². The van der Waals surface area contributed by atoms with Crippen molar-refractivity contribution in [2.45, 2.75) is 44.4 Å². The number of hydroxylamine groups is 1. The summed E-state index contributed by atoms with van der Waals surface area (Å²) in [4.78, 5) is 12.0. The lowest BCUT2D eigenvalue weighted by atomic mass is 9.82. The zero-order valence-corrected chi connectivity index (χ0v) is 21.5. The van der Waals surface area contributed by atoms with Crippen LogP contribution in [-0.2, 0) is 15.1 Å². The number of nitrogens with one attached hydrogen (secondary N) is 1. The molecule has 2 aliphatic rings. The maximum Gasteiger partial charge on any atom is 0.159 e. The maximum atomic E-state index is 14.3. The fourth-order valence-electron chi connectivity index (χ4n) is 5.54. The van der Waals surface area contributed by atoms with Crippen molar-refractivity contribution in [2.75, 3.05) is 27.4 Å². The molecule has 0 spiro atoms. The lowest BCUT2D eigenvalue weighted by molar-refractivity contribution is -0.153. The largest absolute Gasteiger partial charge is 0.495 e. The van der Waals surface area contributed by atoms with E-state index in [2.05, 4.69) is 21.4 Å². The molecule has 2 saturated heterocycles. The van der Waals surface area contributed by atoms with Gasteiger partial charge in [-0.25, -0.2) is 13.8 Å². The van der Waals surface area contributed by atoms with Crippen molar-refractivity contribution in [1.29, 1.82) is 0 Å². The standard InChI is InChI=1S/C28H32F2N4O3/c1-18-14-33(17-31-18)25-10-5-19(12-26(25)35-3)11-20-6-8-22-15-37-16-28(2,34(22)27(20)32-36-4)21-7-9-23(29)24(30)13-21/h5,7,9-14,17,22,27,32H,6,8,15-16H2,1-4H3/b20-11+. The van der Waals surface area contributed by atoms with Crippen LogP contribution in [0.15, 0.2) is 54.5 Å². The Labute approximate surface area is 215 Å². The van der Waals surface area contributed by atoms with Crippen molar-refractivity contribution in [1.82, 2.24) is 19.9 Å². The van der Waals surface area contributed by atoms with Crippen LogP contribution in [0.25, 0.3) is 11.8 Å². The molecule has 0 radical (unpaired) electrons. The summed E-state index contributed by atoms with van der Waals surface area (Å²) in [7, 11) is 3.24. The number of nitrogens with zero attached hydrogens (tertiary/aromatic N) is 3. The molecule has 0 aliphatic carbocycles. The first kappa shape index (κ1) is 25.5. The van der Waals surface area contributed by atoms with E-state index in [9.17, 15) is 8.78 Å². The summed E-state index contributed by atoms with van der Waals surface area (Å²) in [6.07, 6.45) is 7.24. The fourth-order valence-corrected chi connectivity index (χ4v) is 5.54. The van der Waals surface area contributed by atoms with Crippen LogP contribution in [-0.4, -0.2) is 54.1 Å². The van der Waals surface area contributed by atoms with E-state index in [0.717, 1.165) is 41.1 Å². The number of aromatic nitrogens is 2. The van der Waals surface area contributed by atoms with Gasteiger partial charge in [0.25, 0.3) is 0 Å². The predicted octanol–water partition coefficient (Wildman–Crippen LogP) is 4.74. The summed E-state index contributed by atoms with van der Waals surface area (Å²) < 4.78 is 41.6. The highest BCUT2D eigenvalue weighted by molar-refractivity contribution is 5.61. The van der Waals surface area contributed by atoms with Crippen molar-refractivity contribution in [3.05, 3.63) is 83.0 Å². The summed E-state index contributed by atoms with van der Waals surface area (Å²) in [5, 5.41) is 0. The molecule has 2 aliphatic heterocycles. The lowest BCUT2D eigenvalue weighted by Crippen LogP contribution is -2.66. The molecule has 0 amide bonds. The molecule has 1 N–H and O–H groups in total. The molecule has 196 valence electrons. The lowest BCUT2D eigenvalue weighted by Gasteiger charge is -2.55. The Kier molecular flexibility index (Phi) is 7.13. The van der Waals surface area contributed by atoms with Crippen LogP contribution in [0, 0.1) is 18.6 Å². The Bertz CT molecular complexity index is 1310. The molecular formula is C28H32F2N4O3. The third-order valence-electron chi connectivity index (χ3n) is 7.37. The van der Waals surface area contributed by atoms with E-state index in [1.54, 1.807) is 26.6 Å². The highest BCUT2D eigenvalue weighted by Gasteiger charge is 2.48. The monoisotopic (exact) mass is 510 g/mol. The summed E-state index contributed by atoms with van der Waals surface area (Å²) in [5.41, 5.74) is 7.04. The Morgan fingerprint density at radius 2 is 2.00 bits per heavy atom. The third-order valence-corrected chi connectivity index (χ3v) is 7.37. The fraction of sp³-hybridized carbons (Fsp3) is 0.393. The molecule has 1 aromatic heterocycles. The van der Waals surface area contributed by atoms with Gasteiger partial charge in [0.15, 0.2) is 11.6 Å². The first-order chi connectivity index (χ1) is 17.8. The highest BCUT2D eigenvalue weighted by atomic mass is 19.2. The molecule has 9 heteroatoms. The quantitative estimate of drug-likeness (QED) is 0.484. The summed E-state index contributed by atoms with van der Waals surface area (Å²) >= 11 is 0. The van der Waals surface area contributed by atoms with Gasteiger partial charge in [-0.15, -0.1) is 0 Å². The zero-order valence-electron chi connectivity index (χ0n) is 21.5. The number of ether oxygens (including phenoxy) is 2. The molecule has 5 rings (SSSR count). The number of benzene rings is 2. The van der Waals surface area contributed by atoms with Crippen LogP contribution < -0.4 is 10.2 Å². The second-order valence-corrected chi connectivity index (χ2v) is 9.82. The van der Waals surface area contributed by atoms with E-state index >= 15 is 0 Å². The third kappa shape index (κ3) is 4.80. The van der Waals surface area contributed by atoms with Crippen LogP contribution in [0.4, 0.5) is 8.78 Å². The summed E-state index contributed by atoms with van der Waals surface area (Å²) in [6.45, 7) is 4.85. The van der Waals surface area contributed by atoms with E-state index in [0.29, 0.717) is 18.8 Å². The first-order valence-electron chi connectivity index (χ1n) is 12.3. The van der Waals surface area contributed by atoms with Gasteiger partial charge in [-0.05, 0) is 67.7 Å². The number of halogens is 2. The Hall–Kier alpha value is -3.11. The Morgan fingerprint density at radius 1 is 1.16 bits per heavy atom. The molecule has 7 nitrogen and oxygen atoms in total. The minimum atomic E-state index is -0.870. The summed E-state index contributed by atoms with van der Waals surface area (Å²) in [5.74, 6) is -1.01. The van der Waals surface area contributed by atoms with Crippen molar-refractivity contribution in [3.8, 4) is 11.4 Å². The van der Waals surface area contributed by atoms with Gasteiger partial charge in [0.05, 0.1) is 50.7 Å². The average molecular weight is 511 g/mol. The van der Waals surface area contributed by atoms with Gasteiger partial charge >= 0.3 is 0 Å². The molecule has 0 saturated carbocycles. The Balaban J connectivity index is 1.53. The number of hydrogen-bond donors (Lipinski definition) is 1. The van der Waals surface area contributed by atoms with Crippen molar-refractivity contribution in [3.63, 3.8) is 0 Å². The molecule has 0 bridgehead atoms. The van der Waals surface area contributed by atoms with E-state index < -0.39 is 17.2 Å². The van der Waals surface area contributed by atoms with E-state index in [1.165, 1.54) is 12.1 Å². The zero-order chi connectivity index (χ0) is 26.2. The van der Waals surface area contributed by atoms with Crippen LogP contribution >= 0.6 is 0 Å². The number of aryl methyl sites for hydroxylation is 1. The summed E-state index contributed by atoms with van der Waals surface area (Å²) in [6, 6.07) is 10.2. The van der Waals surface area contributed by atoms with Crippen LogP contribution in [0.3, 0.4) is 0 Å². The molecule has 3 aromatic rings. The SMILES string of the molecule is CONC1/C(=C/c2ccc(-n3cnc(C)c3)c(OC)c2)CCC2COCC(C)(c3ccc(F)c(F)c3)N21.